The molecule has 1 rings (SSSR count). The van der Waals surface area contributed by atoms with E-state index in [-0.39, 0.29) is 12.0 Å². The van der Waals surface area contributed by atoms with Crippen LogP contribution in [0.1, 0.15) is 38.5 Å². The second kappa shape index (κ2) is 7.91. The van der Waals surface area contributed by atoms with Crippen LogP contribution in [0.4, 0.5) is 0 Å². The first kappa shape index (κ1) is 15.7. The molecule has 1 unspecified atom stereocenters. The van der Waals surface area contributed by atoms with Crippen LogP contribution in [0.15, 0.2) is 12.5 Å². The van der Waals surface area contributed by atoms with Gasteiger partial charge < -0.3 is 14.0 Å². The second-order valence-electron chi connectivity index (χ2n) is 4.45. The van der Waals surface area contributed by atoms with E-state index in [9.17, 15) is 4.79 Å². The lowest BCUT2D eigenvalue weighted by Gasteiger charge is -2.20. The highest BCUT2D eigenvalue weighted by Gasteiger charge is 2.25. The number of nitrogens with zero attached hydrogens (tertiary/aromatic N) is 2. The molecule has 0 radical (unpaired) electrons. The number of carbonyl (C=O) groups is 1. The molecule has 0 saturated carbocycles. The van der Waals surface area contributed by atoms with Gasteiger partial charge in [0.25, 0.3) is 0 Å². The standard InChI is InChI=1S/C13H23N3O3/c1-5-19-13(17)12(15-6-7-18-4)11-8-14-9-16(11)10(2)3/h8-10,12,15H,5-7H2,1-4H3. The number of imidazole rings is 1. The number of nitrogens with one attached hydrogen (secondary N) is 1. The van der Waals surface area contributed by atoms with Crippen molar-refractivity contribution in [3.8, 4) is 0 Å². The maximum Gasteiger partial charge on any atom is 0.329 e. The quantitative estimate of drug-likeness (QED) is 0.569. The number of hydrogen-bond donors (Lipinski definition) is 1. The number of ether oxygens (including phenoxy) is 2. The molecule has 0 saturated heterocycles. The number of hydrogen-bond acceptors (Lipinski definition) is 5. The predicted molar refractivity (Wildman–Crippen MR) is 71.9 cm³/mol. The summed E-state index contributed by atoms with van der Waals surface area (Å²) in [6, 6.07) is -0.279. The van der Waals surface area contributed by atoms with Crippen molar-refractivity contribution in [3.63, 3.8) is 0 Å². The molecular weight excluding hydrogens is 246 g/mol. The Morgan fingerprint density at radius 2 is 2.26 bits per heavy atom. The van der Waals surface area contributed by atoms with Crippen molar-refractivity contribution in [2.45, 2.75) is 32.9 Å². The molecule has 1 heterocycles. The van der Waals surface area contributed by atoms with Crippen molar-refractivity contribution in [2.75, 3.05) is 26.9 Å². The van der Waals surface area contributed by atoms with Crippen molar-refractivity contribution in [3.05, 3.63) is 18.2 Å². The summed E-state index contributed by atoms with van der Waals surface area (Å²) in [5.41, 5.74) is 0.810. The maximum absolute atomic E-state index is 12.0. The molecule has 0 aliphatic rings. The van der Waals surface area contributed by atoms with Crippen LogP contribution in [0, 0.1) is 0 Å². The van der Waals surface area contributed by atoms with Crippen LogP contribution >= 0.6 is 0 Å². The largest absolute Gasteiger partial charge is 0.465 e. The van der Waals surface area contributed by atoms with Crippen LogP contribution in [-0.2, 0) is 14.3 Å². The summed E-state index contributed by atoms with van der Waals surface area (Å²) in [4.78, 5) is 16.2. The molecule has 1 N–H and O–H groups in total. The Labute approximate surface area is 114 Å². The van der Waals surface area contributed by atoms with Gasteiger partial charge in [0.2, 0.25) is 0 Å². The molecule has 6 heteroatoms. The van der Waals surface area contributed by atoms with E-state index in [0.29, 0.717) is 19.8 Å². The lowest BCUT2D eigenvalue weighted by atomic mass is 10.2. The summed E-state index contributed by atoms with van der Waals surface area (Å²) >= 11 is 0. The molecule has 108 valence electrons. The van der Waals surface area contributed by atoms with Crippen molar-refractivity contribution in [2.24, 2.45) is 0 Å². The molecule has 1 aromatic heterocycles. The molecule has 1 atom stereocenters. The minimum Gasteiger partial charge on any atom is -0.465 e. The Kier molecular flexibility index (Phi) is 6.52. The fourth-order valence-electron chi connectivity index (χ4n) is 1.81. The summed E-state index contributed by atoms with van der Waals surface area (Å²) in [6.07, 6.45) is 3.42. The smallest absolute Gasteiger partial charge is 0.329 e. The van der Waals surface area contributed by atoms with Gasteiger partial charge in [-0.1, -0.05) is 0 Å². The molecule has 0 aliphatic carbocycles. The zero-order chi connectivity index (χ0) is 14.3. The van der Waals surface area contributed by atoms with Gasteiger partial charge in [-0.2, -0.15) is 0 Å². The van der Waals surface area contributed by atoms with E-state index in [1.54, 1.807) is 26.6 Å². The molecule has 0 fully saturated rings. The topological polar surface area (TPSA) is 65.4 Å². The third-order valence-corrected chi connectivity index (χ3v) is 2.73. The first-order valence-corrected chi connectivity index (χ1v) is 6.52. The molecule has 0 aromatic carbocycles. The lowest BCUT2D eigenvalue weighted by molar-refractivity contribution is -0.146. The van der Waals surface area contributed by atoms with Gasteiger partial charge in [-0.25, -0.2) is 9.78 Å². The van der Waals surface area contributed by atoms with Crippen LogP contribution in [-0.4, -0.2) is 42.4 Å². The Morgan fingerprint density at radius 1 is 1.53 bits per heavy atom. The minimum absolute atomic E-state index is 0.235. The minimum atomic E-state index is -0.514. The molecule has 0 amide bonds. The van der Waals surface area contributed by atoms with Crippen LogP contribution in [0.5, 0.6) is 0 Å². The van der Waals surface area contributed by atoms with Gasteiger partial charge in [-0.15, -0.1) is 0 Å². The average Bonchev–Trinajstić information content (AvgIpc) is 2.84. The van der Waals surface area contributed by atoms with Gasteiger partial charge in [-0.3, -0.25) is 5.32 Å². The van der Waals surface area contributed by atoms with Gasteiger partial charge in [0.1, 0.15) is 6.04 Å². The molecule has 19 heavy (non-hydrogen) atoms. The fourth-order valence-corrected chi connectivity index (χ4v) is 1.81. The van der Waals surface area contributed by atoms with E-state index in [1.165, 1.54) is 0 Å². The van der Waals surface area contributed by atoms with Crippen molar-refractivity contribution in [1.29, 1.82) is 0 Å². The SMILES string of the molecule is CCOC(=O)C(NCCOC)c1cncn1C(C)C. The van der Waals surface area contributed by atoms with E-state index in [2.05, 4.69) is 10.3 Å². The maximum atomic E-state index is 12.0. The van der Waals surface area contributed by atoms with E-state index >= 15 is 0 Å². The molecule has 0 aliphatic heterocycles. The third-order valence-electron chi connectivity index (χ3n) is 2.73. The summed E-state index contributed by atoms with van der Waals surface area (Å²) in [7, 11) is 1.62. The number of methoxy groups -OCH3 is 1. The van der Waals surface area contributed by atoms with E-state index in [4.69, 9.17) is 9.47 Å². The fraction of sp³-hybridized carbons (Fsp3) is 0.692. The Morgan fingerprint density at radius 3 is 2.84 bits per heavy atom. The Hall–Kier alpha value is -1.40. The van der Waals surface area contributed by atoms with Crippen molar-refractivity contribution in [1.82, 2.24) is 14.9 Å². The van der Waals surface area contributed by atoms with Gasteiger partial charge in [-0.05, 0) is 20.8 Å². The van der Waals surface area contributed by atoms with Crippen LogP contribution in [0.25, 0.3) is 0 Å². The third kappa shape index (κ3) is 4.33. The molecular formula is C13H23N3O3. The average molecular weight is 269 g/mol. The molecule has 0 bridgehead atoms. The number of carbonyl (C=O) groups excluding carboxylic acids is 1. The summed E-state index contributed by atoms with van der Waals surface area (Å²) < 4.78 is 12.1. The van der Waals surface area contributed by atoms with E-state index in [1.807, 2.05) is 18.4 Å². The van der Waals surface area contributed by atoms with Crippen LogP contribution < -0.4 is 5.32 Å². The lowest BCUT2D eigenvalue weighted by Crippen LogP contribution is -2.34. The molecule has 1 aromatic rings. The highest BCUT2D eigenvalue weighted by atomic mass is 16.5. The van der Waals surface area contributed by atoms with Crippen LogP contribution in [0.2, 0.25) is 0 Å². The Bertz CT molecular complexity index is 390. The summed E-state index contributed by atoms with van der Waals surface area (Å²) in [5.74, 6) is -0.291. The zero-order valence-electron chi connectivity index (χ0n) is 12.0. The zero-order valence-corrected chi connectivity index (χ0v) is 12.0. The number of rotatable bonds is 8. The monoisotopic (exact) mass is 269 g/mol. The van der Waals surface area contributed by atoms with Gasteiger partial charge in [0.15, 0.2) is 0 Å². The van der Waals surface area contributed by atoms with Gasteiger partial charge in [0.05, 0.1) is 31.4 Å². The first-order valence-electron chi connectivity index (χ1n) is 6.52. The van der Waals surface area contributed by atoms with Crippen molar-refractivity contribution < 1.29 is 14.3 Å². The van der Waals surface area contributed by atoms with E-state index < -0.39 is 6.04 Å². The van der Waals surface area contributed by atoms with E-state index in [0.717, 1.165) is 5.69 Å². The molecule has 0 spiro atoms. The Balaban J connectivity index is 2.87. The number of aromatic nitrogens is 2. The number of esters is 1. The van der Waals surface area contributed by atoms with Crippen LogP contribution in [0.3, 0.4) is 0 Å². The predicted octanol–water partition coefficient (Wildman–Crippen LogP) is 1.30. The van der Waals surface area contributed by atoms with Crippen molar-refractivity contribution >= 4 is 5.97 Å². The second-order valence-corrected chi connectivity index (χ2v) is 4.45. The van der Waals surface area contributed by atoms with Gasteiger partial charge >= 0.3 is 5.97 Å². The summed E-state index contributed by atoms with van der Waals surface area (Å²) in [6.45, 7) is 7.35. The highest BCUT2D eigenvalue weighted by molar-refractivity contribution is 5.77. The summed E-state index contributed by atoms with van der Waals surface area (Å²) in [5, 5.41) is 3.14. The normalized spacial score (nSPS) is 12.7. The highest BCUT2D eigenvalue weighted by Crippen LogP contribution is 2.18. The van der Waals surface area contributed by atoms with Gasteiger partial charge in [0, 0.05) is 19.7 Å². The first-order chi connectivity index (χ1) is 9.11. The molecule has 6 nitrogen and oxygen atoms in total.